The number of anilines is 1. The van der Waals surface area contributed by atoms with Crippen LogP contribution in [0.25, 0.3) is 0 Å². The molecule has 0 spiro atoms. The molecule has 0 aliphatic carbocycles. The van der Waals surface area contributed by atoms with Crippen LogP contribution in [0, 0.1) is 11.8 Å². The number of methoxy groups -OCH3 is 1. The van der Waals surface area contributed by atoms with Crippen molar-refractivity contribution >= 4 is 11.7 Å². The van der Waals surface area contributed by atoms with E-state index in [0.29, 0.717) is 6.54 Å². The van der Waals surface area contributed by atoms with Crippen LogP contribution in [0.1, 0.15) is 12.5 Å². The fourth-order valence-electron chi connectivity index (χ4n) is 2.61. The molecule has 0 bridgehead atoms. The molecule has 0 radical (unpaired) electrons. The third kappa shape index (κ3) is 2.73. The van der Waals surface area contributed by atoms with Crippen molar-refractivity contribution in [2.45, 2.75) is 13.1 Å². The van der Waals surface area contributed by atoms with Crippen LogP contribution in [0.15, 0.2) is 24.3 Å². The first-order valence-corrected chi connectivity index (χ1v) is 6.33. The lowest BCUT2D eigenvalue weighted by Crippen LogP contribution is -2.26. The van der Waals surface area contributed by atoms with Crippen molar-refractivity contribution in [3.8, 4) is 0 Å². The molecule has 0 N–H and O–H groups in total. The second-order valence-corrected chi connectivity index (χ2v) is 5.03. The summed E-state index contributed by atoms with van der Waals surface area (Å²) in [6, 6.07) is 5.44. The summed E-state index contributed by atoms with van der Waals surface area (Å²) in [6.45, 7) is 2.51. The van der Waals surface area contributed by atoms with Gasteiger partial charge in [0.15, 0.2) is 0 Å². The lowest BCUT2D eigenvalue weighted by molar-refractivity contribution is -0.145. The number of esters is 1. The minimum atomic E-state index is -4.40. The van der Waals surface area contributed by atoms with E-state index in [0.717, 1.165) is 6.07 Å². The number of carbonyl (C=O) groups excluding carboxylic acids is 1. The first kappa shape index (κ1) is 14.7. The zero-order chi connectivity index (χ0) is 14.9. The van der Waals surface area contributed by atoms with Gasteiger partial charge in [-0.1, -0.05) is 19.1 Å². The average molecular weight is 287 g/mol. The van der Waals surface area contributed by atoms with Crippen molar-refractivity contribution < 1.29 is 22.7 Å². The van der Waals surface area contributed by atoms with E-state index in [2.05, 4.69) is 0 Å². The minimum Gasteiger partial charge on any atom is -0.469 e. The number of alkyl halides is 3. The van der Waals surface area contributed by atoms with Crippen LogP contribution in [0.5, 0.6) is 0 Å². The van der Waals surface area contributed by atoms with E-state index in [1.54, 1.807) is 11.0 Å². The van der Waals surface area contributed by atoms with Crippen molar-refractivity contribution in [3.63, 3.8) is 0 Å². The van der Waals surface area contributed by atoms with Gasteiger partial charge in [0.25, 0.3) is 0 Å². The lowest BCUT2D eigenvalue weighted by Gasteiger charge is -2.23. The Bertz CT molecular complexity index is 501. The number of nitrogens with zero attached hydrogens (tertiary/aromatic N) is 1. The summed E-state index contributed by atoms with van der Waals surface area (Å²) in [6.07, 6.45) is -4.40. The van der Waals surface area contributed by atoms with Crippen molar-refractivity contribution in [1.29, 1.82) is 0 Å². The summed E-state index contributed by atoms with van der Waals surface area (Å²) >= 11 is 0. The molecular weight excluding hydrogens is 271 g/mol. The van der Waals surface area contributed by atoms with Crippen molar-refractivity contribution in [3.05, 3.63) is 29.8 Å². The van der Waals surface area contributed by atoms with E-state index in [-0.39, 0.29) is 30.0 Å². The van der Waals surface area contributed by atoms with Gasteiger partial charge in [0.05, 0.1) is 18.6 Å². The molecule has 110 valence electrons. The highest BCUT2D eigenvalue weighted by Gasteiger charge is 2.40. The van der Waals surface area contributed by atoms with Gasteiger partial charge in [-0.25, -0.2) is 0 Å². The number of benzene rings is 1. The molecular formula is C14H16F3NO2. The number of ether oxygens (including phenoxy) is 1. The summed E-state index contributed by atoms with van der Waals surface area (Å²) in [5.41, 5.74) is -0.545. The highest BCUT2D eigenvalue weighted by molar-refractivity contribution is 5.75. The van der Waals surface area contributed by atoms with Crippen LogP contribution in [-0.2, 0) is 15.7 Å². The second-order valence-electron chi connectivity index (χ2n) is 5.03. The van der Waals surface area contributed by atoms with E-state index in [1.165, 1.54) is 19.2 Å². The Morgan fingerprint density at radius 3 is 2.55 bits per heavy atom. The number of rotatable bonds is 2. The Morgan fingerprint density at radius 1 is 1.30 bits per heavy atom. The number of hydrogen-bond donors (Lipinski definition) is 0. The number of hydrogen-bond acceptors (Lipinski definition) is 3. The third-order valence-corrected chi connectivity index (χ3v) is 3.67. The molecule has 1 aliphatic heterocycles. The smallest absolute Gasteiger partial charge is 0.418 e. The molecule has 2 rings (SSSR count). The van der Waals surface area contributed by atoms with Crippen LogP contribution in [0.3, 0.4) is 0 Å². The molecule has 20 heavy (non-hydrogen) atoms. The number of halogens is 3. The molecule has 0 aromatic heterocycles. The van der Waals surface area contributed by atoms with Crippen molar-refractivity contribution in [1.82, 2.24) is 0 Å². The van der Waals surface area contributed by atoms with E-state index in [4.69, 9.17) is 4.74 Å². The molecule has 1 aromatic carbocycles. The van der Waals surface area contributed by atoms with Gasteiger partial charge in [-0.2, -0.15) is 13.2 Å². The summed E-state index contributed by atoms with van der Waals surface area (Å²) in [5, 5.41) is 0. The molecule has 1 aliphatic rings. The third-order valence-electron chi connectivity index (χ3n) is 3.67. The monoisotopic (exact) mass is 287 g/mol. The molecule has 1 aromatic rings. The fourth-order valence-corrected chi connectivity index (χ4v) is 2.61. The Morgan fingerprint density at radius 2 is 1.95 bits per heavy atom. The predicted octanol–water partition coefficient (Wildman–Crippen LogP) is 2.95. The van der Waals surface area contributed by atoms with E-state index in [9.17, 15) is 18.0 Å². The molecule has 1 saturated heterocycles. The summed E-state index contributed by atoms with van der Waals surface area (Å²) < 4.78 is 43.7. The van der Waals surface area contributed by atoms with Gasteiger partial charge < -0.3 is 9.64 Å². The molecule has 6 heteroatoms. The van der Waals surface area contributed by atoms with Gasteiger partial charge >= 0.3 is 12.1 Å². The quantitative estimate of drug-likeness (QED) is 0.783. The fraction of sp³-hybridized carbons (Fsp3) is 0.500. The normalized spacial score (nSPS) is 22.9. The zero-order valence-electron chi connectivity index (χ0n) is 11.3. The van der Waals surface area contributed by atoms with Crippen LogP contribution < -0.4 is 4.90 Å². The van der Waals surface area contributed by atoms with Gasteiger partial charge in [-0.15, -0.1) is 0 Å². The molecule has 0 amide bonds. The van der Waals surface area contributed by atoms with Gasteiger partial charge in [0.2, 0.25) is 0 Å². The standard InChI is InChI=1S/C14H16F3NO2/c1-9-7-18(8-10(9)13(19)20-2)12-6-4-3-5-11(12)14(15,16)17/h3-6,9-10H,7-8H2,1-2H3. The van der Waals surface area contributed by atoms with E-state index < -0.39 is 11.7 Å². The van der Waals surface area contributed by atoms with E-state index >= 15 is 0 Å². The highest BCUT2D eigenvalue weighted by atomic mass is 19.4. The van der Waals surface area contributed by atoms with Gasteiger partial charge in [-0.3, -0.25) is 4.79 Å². The Kier molecular flexibility index (Phi) is 3.92. The molecule has 2 unspecified atom stereocenters. The van der Waals surface area contributed by atoms with Crippen LogP contribution in [-0.4, -0.2) is 26.2 Å². The molecule has 1 heterocycles. The molecule has 2 atom stereocenters. The second kappa shape index (κ2) is 5.34. The van der Waals surface area contributed by atoms with Crippen LogP contribution in [0.4, 0.5) is 18.9 Å². The Hall–Kier alpha value is -1.72. The summed E-state index contributed by atoms with van der Waals surface area (Å²) in [5.74, 6) is -0.797. The largest absolute Gasteiger partial charge is 0.469 e. The maximum Gasteiger partial charge on any atom is 0.418 e. The Labute approximate surface area is 115 Å². The SMILES string of the molecule is COC(=O)C1CN(c2ccccc2C(F)(F)F)CC1C. The van der Waals surface area contributed by atoms with Crippen molar-refractivity contribution in [2.75, 3.05) is 25.1 Å². The predicted molar refractivity (Wildman–Crippen MR) is 68.3 cm³/mol. The summed E-state index contributed by atoms with van der Waals surface area (Å²) in [4.78, 5) is 13.2. The zero-order valence-corrected chi connectivity index (χ0v) is 11.3. The topological polar surface area (TPSA) is 29.5 Å². The lowest BCUT2D eigenvalue weighted by atomic mass is 9.99. The molecule has 0 saturated carbocycles. The summed E-state index contributed by atoms with van der Waals surface area (Å²) in [7, 11) is 1.29. The first-order valence-electron chi connectivity index (χ1n) is 6.33. The molecule has 3 nitrogen and oxygen atoms in total. The minimum absolute atomic E-state index is 0.0382. The Balaban J connectivity index is 2.29. The number of para-hydroxylation sites is 1. The number of carbonyl (C=O) groups is 1. The van der Waals surface area contributed by atoms with Gasteiger partial charge in [0, 0.05) is 18.8 Å². The maximum atomic E-state index is 13.0. The average Bonchev–Trinajstić information content (AvgIpc) is 2.79. The van der Waals surface area contributed by atoms with Crippen LogP contribution in [0.2, 0.25) is 0 Å². The van der Waals surface area contributed by atoms with Gasteiger partial charge in [0.1, 0.15) is 0 Å². The first-order chi connectivity index (χ1) is 9.34. The van der Waals surface area contributed by atoms with Gasteiger partial charge in [-0.05, 0) is 18.1 Å². The highest BCUT2D eigenvalue weighted by Crippen LogP contribution is 2.39. The van der Waals surface area contributed by atoms with E-state index in [1.807, 2.05) is 6.92 Å². The van der Waals surface area contributed by atoms with Crippen molar-refractivity contribution in [2.24, 2.45) is 11.8 Å². The van der Waals surface area contributed by atoms with Crippen LogP contribution >= 0.6 is 0 Å². The molecule has 1 fully saturated rings. The maximum absolute atomic E-state index is 13.0.